The number of benzene rings is 3. The Hall–Kier alpha value is -3.09. The molecule has 1 unspecified atom stereocenters. The van der Waals surface area contributed by atoms with Gasteiger partial charge in [0, 0.05) is 30.1 Å². The average molecular weight is 446 g/mol. The van der Waals surface area contributed by atoms with Gasteiger partial charge < -0.3 is 16.4 Å². The van der Waals surface area contributed by atoms with Crippen LogP contribution >= 0.6 is 0 Å². The van der Waals surface area contributed by atoms with Crippen LogP contribution in [0.3, 0.4) is 0 Å². The third-order valence-corrected chi connectivity index (χ3v) is 7.58. The lowest BCUT2D eigenvalue weighted by atomic mass is 9.84. The maximum Gasteiger partial charge on any atom is 0.175 e. The molecular formula is C26H27N3O2S. The average Bonchev–Trinajstić information content (AvgIpc) is 3.22. The first-order valence-corrected chi connectivity index (χ1v) is 12.7. The lowest BCUT2D eigenvalue weighted by molar-refractivity contribution is 0.468. The van der Waals surface area contributed by atoms with Gasteiger partial charge in [0.15, 0.2) is 9.84 Å². The topological polar surface area (TPSA) is 84.2 Å². The van der Waals surface area contributed by atoms with Gasteiger partial charge >= 0.3 is 0 Å². The predicted octanol–water partition coefficient (Wildman–Crippen LogP) is 4.53. The fourth-order valence-corrected chi connectivity index (χ4v) is 5.47. The Labute approximate surface area is 189 Å². The molecule has 4 N–H and O–H groups in total. The maximum absolute atomic E-state index is 11.8. The molecule has 0 bridgehead atoms. The summed E-state index contributed by atoms with van der Waals surface area (Å²) in [5, 5.41) is 6.97. The molecule has 2 atom stereocenters. The van der Waals surface area contributed by atoms with Crippen molar-refractivity contribution < 1.29 is 8.42 Å². The smallest absolute Gasteiger partial charge is 0.175 e. The summed E-state index contributed by atoms with van der Waals surface area (Å²) >= 11 is 0. The van der Waals surface area contributed by atoms with Gasteiger partial charge in [-0.25, -0.2) is 8.42 Å². The first-order valence-electron chi connectivity index (χ1n) is 10.8. The van der Waals surface area contributed by atoms with Gasteiger partial charge in [-0.2, -0.15) is 0 Å². The van der Waals surface area contributed by atoms with Crippen molar-refractivity contribution in [2.75, 3.05) is 16.9 Å². The molecule has 1 aliphatic heterocycles. The van der Waals surface area contributed by atoms with Gasteiger partial charge in [0.05, 0.1) is 4.90 Å². The van der Waals surface area contributed by atoms with Gasteiger partial charge in [-0.05, 0) is 71.5 Å². The van der Waals surface area contributed by atoms with Crippen LogP contribution in [0.15, 0.2) is 77.7 Å². The van der Waals surface area contributed by atoms with Crippen LogP contribution in [0, 0.1) is 0 Å². The molecule has 3 aromatic rings. The molecule has 164 valence electrons. The van der Waals surface area contributed by atoms with E-state index in [1.54, 1.807) is 18.2 Å². The molecular weight excluding hydrogens is 418 g/mol. The largest absolute Gasteiger partial charge is 0.381 e. The summed E-state index contributed by atoms with van der Waals surface area (Å²) in [4.78, 5) is 0.335. The minimum atomic E-state index is -3.21. The van der Waals surface area contributed by atoms with Crippen LogP contribution in [-0.4, -0.2) is 20.3 Å². The molecule has 5 nitrogen and oxygen atoms in total. The summed E-state index contributed by atoms with van der Waals surface area (Å²) in [6.45, 7) is 0.541. The molecule has 1 heterocycles. The second kappa shape index (κ2) is 7.80. The Morgan fingerprint density at radius 2 is 1.94 bits per heavy atom. The van der Waals surface area contributed by atoms with Crippen molar-refractivity contribution in [1.29, 1.82) is 0 Å². The normalized spacial score (nSPS) is 21.5. The highest BCUT2D eigenvalue weighted by Gasteiger charge is 2.39. The molecule has 0 fully saturated rings. The molecule has 5 rings (SSSR count). The van der Waals surface area contributed by atoms with E-state index in [2.05, 4.69) is 59.2 Å². The number of sulfone groups is 1. The van der Waals surface area contributed by atoms with Gasteiger partial charge in [0.1, 0.15) is 5.66 Å². The summed E-state index contributed by atoms with van der Waals surface area (Å²) in [7, 11) is -3.21. The van der Waals surface area contributed by atoms with Crippen LogP contribution in [-0.2, 0) is 22.8 Å². The molecule has 0 saturated heterocycles. The number of fused-ring (bicyclic) bond motifs is 2. The molecule has 0 spiro atoms. The molecule has 6 heteroatoms. The van der Waals surface area contributed by atoms with Crippen molar-refractivity contribution in [1.82, 2.24) is 0 Å². The number of nitrogens with two attached hydrogens (primary N) is 1. The molecule has 0 radical (unpaired) electrons. The number of anilines is 2. The predicted molar refractivity (Wildman–Crippen MR) is 130 cm³/mol. The Morgan fingerprint density at radius 1 is 1.09 bits per heavy atom. The third kappa shape index (κ3) is 3.92. The van der Waals surface area contributed by atoms with Crippen LogP contribution in [0.4, 0.5) is 11.4 Å². The fraction of sp³-hybridized carbons (Fsp3) is 0.231. The first-order chi connectivity index (χ1) is 15.3. The zero-order valence-corrected chi connectivity index (χ0v) is 18.8. The van der Waals surface area contributed by atoms with E-state index < -0.39 is 15.5 Å². The highest BCUT2D eigenvalue weighted by Crippen LogP contribution is 2.43. The van der Waals surface area contributed by atoms with Crippen molar-refractivity contribution in [3.8, 4) is 0 Å². The molecule has 32 heavy (non-hydrogen) atoms. The Balaban J connectivity index is 1.32. The van der Waals surface area contributed by atoms with Crippen LogP contribution < -0.4 is 16.4 Å². The van der Waals surface area contributed by atoms with Crippen molar-refractivity contribution in [2.45, 2.75) is 35.9 Å². The summed E-state index contributed by atoms with van der Waals surface area (Å²) in [5.74, 6) is 0.239. The van der Waals surface area contributed by atoms with E-state index in [1.807, 2.05) is 12.1 Å². The second-order valence-electron chi connectivity index (χ2n) is 8.76. The minimum absolute atomic E-state index is 0.239. The number of aryl methyl sites for hydroxylation is 1. The minimum Gasteiger partial charge on any atom is -0.381 e. The Morgan fingerprint density at radius 3 is 2.78 bits per heavy atom. The SMILES string of the molecule is CS(=O)(=O)c1cccc(CNc2ccc3c(c2)C=C[C@](N)(C2CCc4ccccc42)N3)c1. The first kappa shape index (κ1) is 20.8. The number of hydrogen-bond acceptors (Lipinski definition) is 5. The number of nitrogens with one attached hydrogen (secondary N) is 2. The van der Waals surface area contributed by atoms with E-state index in [0.29, 0.717) is 11.4 Å². The molecule has 0 amide bonds. The highest BCUT2D eigenvalue weighted by atomic mass is 32.2. The van der Waals surface area contributed by atoms with Crippen LogP contribution in [0.2, 0.25) is 0 Å². The fourth-order valence-electron chi connectivity index (χ4n) is 4.77. The summed E-state index contributed by atoms with van der Waals surface area (Å²) in [6, 6.07) is 21.8. The van der Waals surface area contributed by atoms with E-state index >= 15 is 0 Å². The van der Waals surface area contributed by atoms with Crippen molar-refractivity contribution in [3.63, 3.8) is 0 Å². The van der Waals surface area contributed by atoms with Crippen molar-refractivity contribution >= 4 is 27.3 Å². The lowest BCUT2D eigenvalue weighted by Crippen LogP contribution is -2.51. The summed E-state index contributed by atoms with van der Waals surface area (Å²) in [5.41, 5.74) is 13.0. The van der Waals surface area contributed by atoms with Crippen LogP contribution in [0.1, 0.15) is 34.6 Å². The zero-order chi connectivity index (χ0) is 22.3. The van der Waals surface area contributed by atoms with Gasteiger partial charge in [-0.15, -0.1) is 0 Å². The standard InChI is InChI=1S/C26H27N3O2S/c1-32(30,31)22-7-4-5-18(15-22)17-28-21-10-12-25-20(16-21)13-14-26(27,29-25)24-11-9-19-6-2-3-8-23(19)24/h2-8,10,12-16,24,28-29H,9,11,17,27H2,1H3/t24?,26-/m1/s1. The van der Waals surface area contributed by atoms with Gasteiger partial charge in [-0.3, -0.25) is 0 Å². The maximum atomic E-state index is 11.8. The third-order valence-electron chi connectivity index (χ3n) is 6.47. The lowest BCUT2D eigenvalue weighted by Gasteiger charge is -2.38. The van der Waals surface area contributed by atoms with E-state index in [-0.39, 0.29) is 5.92 Å². The Kier molecular flexibility index (Phi) is 5.07. The molecule has 3 aromatic carbocycles. The monoisotopic (exact) mass is 445 g/mol. The molecule has 0 saturated carbocycles. The highest BCUT2D eigenvalue weighted by molar-refractivity contribution is 7.90. The van der Waals surface area contributed by atoms with Crippen molar-refractivity contribution in [2.24, 2.45) is 5.73 Å². The summed E-state index contributed by atoms with van der Waals surface area (Å²) in [6.07, 6.45) is 7.51. The van der Waals surface area contributed by atoms with Gasteiger partial charge in [-0.1, -0.05) is 42.5 Å². The van der Waals surface area contributed by atoms with Gasteiger partial charge in [0.2, 0.25) is 0 Å². The summed E-state index contributed by atoms with van der Waals surface area (Å²) < 4.78 is 23.6. The van der Waals surface area contributed by atoms with Crippen LogP contribution in [0.5, 0.6) is 0 Å². The molecule has 1 aliphatic carbocycles. The van der Waals surface area contributed by atoms with E-state index in [4.69, 9.17) is 5.73 Å². The van der Waals surface area contributed by atoms with Gasteiger partial charge in [0.25, 0.3) is 0 Å². The second-order valence-corrected chi connectivity index (χ2v) is 10.8. The van der Waals surface area contributed by atoms with E-state index in [0.717, 1.165) is 35.3 Å². The number of hydrogen-bond donors (Lipinski definition) is 3. The van der Waals surface area contributed by atoms with Crippen molar-refractivity contribution in [3.05, 3.63) is 95.1 Å². The number of rotatable bonds is 5. The quantitative estimate of drug-likeness (QED) is 0.538. The zero-order valence-electron chi connectivity index (χ0n) is 18.0. The molecule has 2 aliphatic rings. The van der Waals surface area contributed by atoms with E-state index in [1.165, 1.54) is 17.4 Å². The Bertz CT molecular complexity index is 1320. The van der Waals surface area contributed by atoms with Crippen LogP contribution in [0.25, 0.3) is 6.08 Å². The van der Waals surface area contributed by atoms with E-state index in [9.17, 15) is 8.42 Å². The molecule has 0 aromatic heterocycles.